The highest BCUT2D eigenvalue weighted by atomic mass is 32.2. The monoisotopic (exact) mass is 410 g/mol. The average Bonchev–Trinajstić information content (AvgIpc) is 3.37. The Labute approximate surface area is 163 Å². The lowest BCUT2D eigenvalue weighted by atomic mass is 10.2. The highest BCUT2D eigenvalue weighted by Crippen LogP contribution is 2.27. The number of benzene rings is 1. The maximum Gasteiger partial charge on any atom is 0.252 e. The molecule has 0 aliphatic carbocycles. The first-order chi connectivity index (χ1) is 12.9. The number of amides is 1. The van der Waals surface area contributed by atoms with Crippen molar-refractivity contribution in [3.8, 4) is 11.5 Å². The largest absolute Gasteiger partial charge is 0.497 e. The van der Waals surface area contributed by atoms with Crippen molar-refractivity contribution in [2.24, 2.45) is 0 Å². The summed E-state index contributed by atoms with van der Waals surface area (Å²) in [6.07, 6.45) is 1.80. The molecule has 1 aromatic heterocycles. The van der Waals surface area contributed by atoms with E-state index in [4.69, 9.17) is 9.47 Å². The van der Waals surface area contributed by atoms with Gasteiger partial charge in [-0.05, 0) is 37.1 Å². The second-order valence-corrected chi connectivity index (χ2v) is 9.45. The van der Waals surface area contributed by atoms with Gasteiger partial charge >= 0.3 is 0 Å². The number of carbonyl (C=O) groups is 1. The predicted molar refractivity (Wildman–Crippen MR) is 103 cm³/mol. The van der Waals surface area contributed by atoms with Crippen LogP contribution < -0.4 is 14.8 Å². The van der Waals surface area contributed by atoms with Crippen LogP contribution in [0, 0.1) is 0 Å². The molecule has 0 bridgehead atoms. The molecule has 1 N–H and O–H groups in total. The van der Waals surface area contributed by atoms with Crippen LogP contribution >= 0.6 is 11.3 Å². The number of nitrogens with one attached hydrogen (secondary N) is 1. The Balaban J connectivity index is 1.67. The van der Waals surface area contributed by atoms with Gasteiger partial charge in [-0.15, -0.1) is 11.3 Å². The quantitative estimate of drug-likeness (QED) is 0.758. The zero-order chi connectivity index (χ0) is 19.4. The molecule has 1 saturated heterocycles. The summed E-state index contributed by atoms with van der Waals surface area (Å²) >= 11 is 1.19. The number of sulfonamides is 1. The average molecular weight is 411 g/mol. The number of hydrogen-bond acceptors (Lipinski definition) is 6. The van der Waals surface area contributed by atoms with Gasteiger partial charge in [0.1, 0.15) is 15.7 Å². The summed E-state index contributed by atoms with van der Waals surface area (Å²) in [4.78, 5) is 13.2. The first kappa shape index (κ1) is 19.7. The van der Waals surface area contributed by atoms with E-state index in [2.05, 4.69) is 5.32 Å². The van der Waals surface area contributed by atoms with Gasteiger partial charge in [-0.3, -0.25) is 4.79 Å². The minimum absolute atomic E-state index is 0.249. The number of ether oxygens (including phenoxy) is 2. The Morgan fingerprint density at radius 3 is 2.33 bits per heavy atom. The van der Waals surface area contributed by atoms with E-state index in [0.29, 0.717) is 34.4 Å². The topological polar surface area (TPSA) is 84.9 Å². The van der Waals surface area contributed by atoms with Gasteiger partial charge in [0.15, 0.2) is 0 Å². The van der Waals surface area contributed by atoms with Crippen LogP contribution in [0.1, 0.15) is 28.1 Å². The molecule has 2 aromatic rings. The lowest BCUT2D eigenvalue weighted by molar-refractivity contribution is 0.0950. The molecule has 3 rings (SSSR count). The summed E-state index contributed by atoms with van der Waals surface area (Å²) in [5.74, 6) is 0.758. The molecule has 1 fully saturated rings. The van der Waals surface area contributed by atoms with Crippen LogP contribution in [0.25, 0.3) is 0 Å². The van der Waals surface area contributed by atoms with Crippen molar-refractivity contribution in [1.82, 2.24) is 9.62 Å². The minimum Gasteiger partial charge on any atom is -0.497 e. The number of methoxy groups -OCH3 is 2. The molecule has 1 aromatic carbocycles. The molecular weight excluding hydrogens is 388 g/mol. The van der Waals surface area contributed by atoms with Crippen molar-refractivity contribution in [2.45, 2.75) is 23.6 Å². The SMILES string of the molecule is COc1cc(OC)cc(C(=O)NCc2ccc(S(=O)(=O)N3CCCC3)s2)c1. The van der Waals surface area contributed by atoms with Gasteiger partial charge in [0.25, 0.3) is 15.9 Å². The van der Waals surface area contributed by atoms with E-state index in [0.717, 1.165) is 17.7 Å². The highest BCUT2D eigenvalue weighted by molar-refractivity contribution is 7.91. The molecule has 27 heavy (non-hydrogen) atoms. The highest BCUT2D eigenvalue weighted by Gasteiger charge is 2.28. The molecule has 9 heteroatoms. The van der Waals surface area contributed by atoms with Crippen molar-refractivity contribution >= 4 is 27.3 Å². The summed E-state index contributed by atoms with van der Waals surface area (Å²) in [5.41, 5.74) is 0.410. The number of hydrogen-bond donors (Lipinski definition) is 1. The zero-order valence-corrected chi connectivity index (χ0v) is 16.9. The predicted octanol–water partition coefficient (Wildman–Crippen LogP) is 2.48. The van der Waals surface area contributed by atoms with E-state index < -0.39 is 10.0 Å². The second kappa shape index (κ2) is 8.28. The van der Waals surface area contributed by atoms with Gasteiger partial charge in [0, 0.05) is 29.6 Å². The van der Waals surface area contributed by atoms with Crippen LogP contribution in [0.15, 0.2) is 34.5 Å². The molecule has 1 aliphatic heterocycles. The Morgan fingerprint density at radius 1 is 1.11 bits per heavy atom. The smallest absolute Gasteiger partial charge is 0.252 e. The maximum absolute atomic E-state index is 12.6. The molecule has 0 unspecified atom stereocenters. The fourth-order valence-corrected chi connectivity index (χ4v) is 5.82. The fourth-order valence-electron chi connectivity index (χ4n) is 2.86. The molecule has 7 nitrogen and oxygen atoms in total. The third-order valence-electron chi connectivity index (χ3n) is 4.33. The summed E-state index contributed by atoms with van der Waals surface area (Å²) in [5, 5.41) is 2.80. The molecular formula is C18H22N2O5S2. The first-order valence-corrected chi connectivity index (χ1v) is 10.8. The Morgan fingerprint density at radius 2 is 1.74 bits per heavy atom. The van der Waals surface area contributed by atoms with Gasteiger partial charge in [-0.2, -0.15) is 4.31 Å². The normalized spacial score (nSPS) is 14.9. The summed E-state index contributed by atoms with van der Waals surface area (Å²) in [6, 6.07) is 8.27. The summed E-state index contributed by atoms with van der Waals surface area (Å²) in [6.45, 7) is 1.40. The van der Waals surface area contributed by atoms with Crippen molar-refractivity contribution in [1.29, 1.82) is 0 Å². The maximum atomic E-state index is 12.6. The van der Waals surface area contributed by atoms with Crippen molar-refractivity contribution in [2.75, 3.05) is 27.3 Å². The molecule has 0 radical (unpaired) electrons. The fraction of sp³-hybridized carbons (Fsp3) is 0.389. The van der Waals surface area contributed by atoms with Gasteiger partial charge in [-0.1, -0.05) is 0 Å². The standard InChI is InChI=1S/C18H22N2O5S2/c1-24-14-9-13(10-15(11-14)25-2)18(21)19-12-16-5-6-17(26-16)27(22,23)20-7-3-4-8-20/h5-6,9-11H,3-4,7-8,12H2,1-2H3,(H,19,21). The van der Waals surface area contributed by atoms with Crippen molar-refractivity contribution < 1.29 is 22.7 Å². The number of thiophene rings is 1. The molecule has 0 atom stereocenters. The molecule has 1 aliphatic rings. The van der Waals surface area contributed by atoms with E-state index in [1.165, 1.54) is 29.9 Å². The van der Waals surface area contributed by atoms with Crippen LogP contribution in [0.3, 0.4) is 0 Å². The van der Waals surface area contributed by atoms with E-state index in [1.54, 1.807) is 30.3 Å². The first-order valence-electron chi connectivity index (χ1n) is 8.54. The molecule has 1 amide bonds. The van der Waals surface area contributed by atoms with Crippen LogP contribution in [0.4, 0.5) is 0 Å². The van der Waals surface area contributed by atoms with Gasteiger partial charge in [0.05, 0.1) is 20.8 Å². The second-order valence-electron chi connectivity index (χ2n) is 6.12. The minimum atomic E-state index is -3.42. The van der Waals surface area contributed by atoms with Crippen LogP contribution in [0.2, 0.25) is 0 Å². The number of nitrogens with zero attached hydrogens (tertiary/aromatic N) is 1. The van der Waals surface area contributed by atoms with E-state index >= 15 is 0 Å². The third kappa shape index (κ3) is 4.42. The summed E-state index contributed by atoms with van der Waals surface area (Å²) < 4.78 is 37.3. The van der Waals surface area contributed by atoms with Crippen LogP contribution in [-0.2, 0) is 16.6 Å². The zero-order valence-electron chi connectivity index (χ0n) is 15.2. The van der Waals surface area contributed by atoms with E-state index in [1.807, 2.05) is 0 Å². The molecule has 0 saturated carbocycles. The van der Waals surface area contributed by atoms with Gasteiger partial charge in [-0.25, -0.2) is 8.42 Å². The third-order valence-corrected chi connectivity index (χ3v) is 7.78. The van der Waals surface area contributed by atoms with Crippen LogP contribution in [0.5, 0.6) is 11.5 Å². The van der Waals surface area contributed by atoms with Crippen molar-refractivity contribution in [3.05, 3.63) is 40.8 Å². The Bertz CT molecular complexity index is 895. The van der Waals surface area contributed by atoms with E-state index in [9.17, 15) is 13.2 Å². The number of rotatable bonds is 7. The molecule has 0 spiro atoms. The van der Waals surface area contributed by atoms with Crippen molar-refractivity contribution in [3.63, 3.8) is 0 Å². The molecule has 146 valence electrons. The lowest BCUT2D eigenvalue weighted by Crippen LogP contribution is -2.27. The Kier molecular flexibility index (Phi) is 6.03. The Hall–Kier alpha value is -2.10. The lowest BCUT2D eigenvalue weighted by Gasteiger charge is -2.13. The van der Waals surface area contributed by atoms with Gasteiger partial charge in [0.2, 0.25) is 0 Å². The molecule has 2 heterocycles. The number of carbonyl (C=O) groups excluding carboxylic acids is 1. The van der Waals surface area contributed by atoms with Gasteiger partial charge < -0.3 is 14.8 Å². The van der Waals surface area contributed by atoms with E-state index in [-0.39, 0.29) is 12.5 Å². The summed E-state index contributed by atoms with van der Waals surface area (Å²) in [7, 11) is -0.384. The van der Waals surface area contributed by atoms with Crippen LogP contribution in [-0.4, -0.2) is 45.9 Å².